The second-order valence-electron chi connectivity index (χ2n) is 19.2. The topological polar surface area (TPSA) is 6.48 Å². The standard InChI is InChI=1S/C71H48N2/c1-5-19-49(20-6-1)51-33-35-53(36-34-51)65-45-54-23-13-14-24-55(54)46-70(65)73(57-27-11-4-12-28-57)60-42-44-64-62-30-16-18-32-67(62)71(69(64)48-60)66-31-17-15-29-61(66)63-43-41-59(47-68(63)71)72(56-25-9-3-10-26-56)58-39-37-52(38-40-58)50-21-7-2-8-22-50/h1-48H. The van der Waals surface area contributed by atoms with Crippen molar-refractivity contribution < 1.29 is 0 Å². The fraction of sp³-hybridized carbons (Fsp3) is 0.0141. The molecule has 0 amide bonds. The predicted octanol–water partition coefficient (Wildman–Crippen LogP) is 19.1. The Bertz CT molecular complexity index is 3990. The van der Waals surface area contributed by atoms with Crippen LogP contribution in [0, 0.1) is 0 Å². The van der Waals surface area contributed by atoms with E-state index in [9.17, 15) is 0 Å². The van der Waals surface area contributed by atoms with Crippen molar-refractivity contribution in [2.75, 3.05) is 9.80 Å². The molecular formula is C71H48N2. The quantitative estimate of drug-likeness (QED) is 0.142. The van der Waals surface area contributed by atoms with E-state index in [1.807, 2.05) is 0 Å². The van der Waals surface area contributed by atoms with E-state index in [0.29, 0.717) is 0 Å². The lowest BCUT2D eigenvalue weighted by Gasteiger charge is -2.34. The van der Waals surface area contributed by atoms with Crippen molar-refractivity contribution >= 4 is 44.9 Å². The molecule has 73 heavy (non-hydrogen) atoms. The number of hydrogen-bond donors (Lipinski definition) is 0. The second-order valence-corrected chi connectivity index (χ2v) is 19.2. The summed E-state index contributed by atoms with van der Waals surface area (Å²) in [4.78, 5) is 4.90. The third-order valence-electron chi connectivity index (χ3n) is 15.2. The van der Waals surface area contributed by atoms with Gasteiger partial charge in [0.1, 0.15) is 0 Å². The van der Waals surface area contributed by atoms with Crippen LogP contribution in [0.25, 0.3) is 66.4 Å². The van der Waals surface area contributed by atoms with Gasteiger partial charge in [-0.25, -0.2) is 0 Å². The number of fused-ring (bicyclic) bond motifs is 11. The van der Waals surface area contributed by atoms with Gasteiger partial charge in [0.15, 0.2) is 0 Å². The zero-order valence-electron chi connectivity index (χ0n) is 40.1. The zero-order valence-corrected chi connectivity index (χ0v) is 40.1. The van der Waals surface area contributed by atoms with E-state index in [4.69, 9.17) is 0 Å². The Kier molecular flexibility index (Phi) is 10.1. The number of rotatable bonds is 9. The highest BCUT2D eigenvalue weighted by Crippen LogP contribution is 2.64. The molecule has 12 aromatic carbocycles. The summed E-state index contributed by atoms with van der Waals surface area (Å²) in [5.74, 6) is 0. The molecule has 0 fully saturated rings. The molecule has 14 rings (SSSR count). The molecule has 2 aliphatic rings. The minimum Gasteiger partial charge on any atom is -0.310 e. The maximum atomic E-state index is 2.51. The number of para-hydroxylation sites is 2. The first-order chi connectivity index (χ1) is 36.2. The minimum atomic E-state index is -0.606. The third kappa shape index (κ3) is 6.94. The van der Waals surface area contributed by atoms with E-state index in [0.717, 1.165) is 39.7 Å². The van der Waals surface area contributed by atoms with E-state index < -0.39 is 5.41 Å². The van der Waals surface area contributed by atoms with Gasteiger partial charge in [-0.1, -0.05) is 218 Å². The summed E-state index contributed by atoms with van der Waals surface area (Å²) in [6, 6.07) is 107. The lowest BCUT2D eigenvalue weighted by Crippen LogP contribution is -2.26. The molecule has 0 radical (unpaired) electrons. The summed E-state index contributed by atoms with van der Waals surface area (Å²) in [6.45, 7) is 0. The van der Waals surface area contributed by atoms with Gasteiger partial charge in [-0.2, -0.15) is 0 Å². The Morgan fingerprint density at radius 3 is 1.10 bits per heavy atom. The Balaban J connectivity index is 0.984. The molecule has 1 unspecified atom stereocenters. The SMILES string of the molecule is c1ccc(-c2ccc(-c3cc4ccccc4cc3N(c3ccccc3)c3ccc4c(c3)C3(c5ccccc5-c5ccc(N(c6ccccc6)c6ccc(-c7ccccc7)cc6)cc53)c3ccccc3-4)cc2)cc1. The Hall–Kier alpha value is -9.50. The van der Waals surface area contributed by atoms with Gasteiger partial charge in [-0.05, 0) is 156 Å². The minimum absolute atomic E-state index is 0.606. The van der Waals surface area contributed by atoms with Gasteiger partial charge in [0.2, 0.25) is 0 Å². The maximum absolute atomic E-state index is 2.51. The van der Waals surface area contributed by atoms with Gasteiger partial charge in [-0.15, -0.1) is 0 Å². The van der Waals surface area contributed by atoms with Crippen LogP contribution in [-0.4, -0.2) is 0 Å². The Morgan fingerprint density at radius 1 is 0.205 bits per heavy atom. The molecule has 1 atom stereocenters. The average Bonchev–Trinajstić information content (AvgIpc) is 4.01. The molecule has 0 aliphatic heterocycles. The maximum Gasteiger partial charge on any atom is 0.0727 e. The van der Waals surface area contributed by atoms with Crippen molar-refractivity contribution in [3.05, 3.63) is 313 Å². The van der Waals surface area contributed by atoms with Crippen molar-refractivity contribution in [2.45, 2.75) is 5.41 Å². The smallest absolute Gasteiger partial charge is 0.0727 e. The molecule has 0 bridgehead atoms. The van der Waals surface area contributed by atoms with Crippen LogP contribution in [-0.2, 0) is 5.41 Å². The van der Waals surface area contributed by atoms with Crippen molar-refractivity contribution in [3.8, 4) is 55.6 Å². The molecule has 342 valence electrons. The van der Waals surface area contributed by atoms with E-state index in [2.05, 4.69) is 301 Å². The van der Waals surface area contributed by atoms with Crippen molar-refractivity contribution in [1.29, 1.82) is 0 Å². The fourth-order valence-corrected chi connectivity index (χ4v) is 12.0. The monoisotopic (exact) mass is 928 g/mol. The van der Waals surface area contributed by atoms with Crippen molar-refractivity contribution in [1.82, 2.24) is 0 Å². The van der Waals surface area contributed by atoms with Gasteiger partial charge in [0.25, 0.3) is 0 Å². The van der Waals surface area contributed by atoms with E-state index in [1.165, 1.54) is 83.1 Å². The Labute approximate surface area is 427 Å². The zero-order chi connectivity index (χ0) is 48.3. The molecule has 0 heterocycles. The largest absolute Gasteiger partial charge is 0.310 e. The number of benzene rings is 12. The van der Waals surface area contributed by atoms with Gasteiger partial charge in [0, 0.05) is 34.0 Å². The summed E-state index contributed by atoms with van der Waals surface area (Å²) in [7, 11) is 0. The first-order valence-electron chi connectivity index (χ1n) is 25.2. The normalized spacial score (nSPS) is 13.8. The third-order valence-corrected chi connectivity index (χ3v) is 15.2. The van der Waals surface area contributed by atoms with Crippen molar-refractivity contribution in [3.63, 3.8) is 0 Å². The summed E-state index contributed by atoms with van der Waals surface area (Å²) in [6.07, 6.45) is 0. The lowest BCUT2D eigenvalue weighted by atomic mass is 9.70. The van der Waals surface area contributed by atoms with Crippen LogP contribution in [0.5, 0.6) is 0 Å². The first-order valence-corrected chi connectivity index (χ1v) is 25.2. The molecule has 0 saturated carbocycles. The molecular weight excluding hydrogens is 881 g/mol. The summed E-state index contributed by atoms with van der Waals surface area (Å²) in [5, 5.41) is 2.40. The van der Waals surface area contributed by atoms with Gasteiger partial charge < -0.3 is 9.80 Å². The molecule has 12 aromatic rings. The van der Waals surface area contributed by atoms with Crippen molar-refractivity contribution in [2.24, 2.45) is 0 Å². The van der Waals surface area contributed by atoms with Crippen LogP contribution in [0.15, 0.2) is 291 Å². The molecule has 2 nitrogen and oxygen atoms in total. The average molecular weight is 929 g/mol. The van der Waals surface area contributed by atoms with Gasteiger partial charge in [-0.3, -0.25) is 0 Å². The summed E-state index contributed by atoms with van der Waals surface area (Å²) in [5.41, 5.74) is 23.4. The molecule has 1 spiro atoms. The highest BCUT2D eigenvalue weighted by Gasteiger charge is 2.52. The Morgan fingerprint density at radius 2 is 0.562 bits per heavy atom. The van der Waals surface area contributed by atoms with Gasteiger partial charge >= 0.3 is 0 Å². The van der Waals surface area contributed by atoms with Crippen LogP contribution >= 0.6 is 0 Å². The highest BCUT2D eigenvalue weighted by molar-refractivity contribution is 6.01. The lowest BCUT2D eigenvalue weighted by molar-refractivity contribution is 0.793. The van der Waals surface area contributed by atoms with Crippen LogP contribution in [0.2, 0.25) is 0 Å². The first kappa shape index (κ1) is 42.4. The van der Waals surface area contributed by atoms with E-state index in [1.54, 1.807) is 0 Å². The van der Waals surface area contributed by atoms with E-state index >= 15 is 0 Å². The van der Waals surface area contributed by atoms with Crippen LogP contribution in [0.4, 0.5) is 34.1 Å². The molecule has 0 aromatic heterocycles. The summed E-state index contributed by atoms with van der Waals surface area (Å²) >= 11 is 0. The predicted molar refractivity (Wildman–Crippen MR) is 306 cm³/mol. The molecule has 0 N–H and O–H groups in total. The molecule has 0 saturated heterocycles. The summed E-state index contributed by atoms with van der Waals surface area (Å²) < 4.78 is 0. The number of hydrogen-bond acceptors (Lipinski definition) is 2. The molecule has 2 aliphatic carbocycles. The van der Waals surface area contributed by atoms with Gasteiger partial charge in [0.05, 0.1) is 11.1 Å². The number of nitrogens with zero attached hydrogens (tertiary/aromatic N) is 2. The number of anilines is 6. The second kappa shape index (κ2) is 17.4. The highest BCUT2D eigenvalue weighted by atomic mass is 15.1. The van der Waals surface area contributed by atoms with Crippen LogP contribution < -0.4 is 9.80 Å². The van der Waals surface area contributed by atoms with Crippen LogP contribution in [0.3, 0.4) is 0 Å². The molecule has 2 heteroatoms. The fourth-order valence-electron chi connectivity index (χ4n) is 12.0. The van der Waals surface area contributed by atoms with Crippen LogP contribution in [0.1, 0.15) is 22.3 Å². The van der Waals surface area contributed by atoms with E-state index in [-0.39, 0.29) is 0 Å².